The van der Waals surface area contributed by atoms with Crippen LogP contribution in [-0.2, 0) is 0 Å². The van der Waals surface area contributed by atoms with E-state index in [1.54, 1.807) is 69.6 Å². The molecule has 3 aromatic rings. The molecule has 2 N–H and O–H groups in total. The molecule has 0 spiro atoms. The Kier molecular flexibility index (Phi) is 9.89. The number of nitrogens with zero attached hydrogens (tertiary/aromatic N) is 3. The maximum atomic E-state index is 13.7. The quantitative estimate of drug-likeness (QED) is 0.413. The molecular weight excluding hydrogens is 536 g/mol. The first kappa shape index (κ1) is 30.2. The standard InChI is InChI=1S/C32H36N4O6/c1-21-18-36(22(2)20-37)31(38)28-15-24(10-9-23-11-13-26(40-4)14-12-23)17-33-30(28)42-29(21)19-35(3)32(39)34-25-7-6-8-27(16-25)41-5/h6-8,11-17,21-22,29,37H,18-20H2,1-5H3,(H,34,39)/t21-,22-,29+/m1/s1. The Morgan fingerprint density at radius 2 is 1.86 bits per heavy atom. The topological polar surface area (TPSA) is 113 Å². The summed E-state index contributed by atoms with van der Waals surface area (Å²) in [6.45, 7) is 4.08. The molecule has 10 heteroatoms. The maximum Gasteiger partial charge on any atom is 0.321 e. The van der Waals surface area contributed by atoms with Crippen LogP contribution >= 0.6 is 0 Å². The van der Waals surface area contributed by atoms with Gasteiger partial charge in [0.2, 0.25) is 5.88 Å². The molecule has 2 aromatic carbocycles. The van der Waals surface area contributed by atoms with Gasteiger partial charge in [0.15, 0.2) is 0 Å². The normalized spacial score (nSPS) is 16.9. The molecule has 0 bridgehead atoms. The fourth-order valence-electron chi connectivity index (χ4n) is 4.48. The lowest BCUT2D eigenvalue weighted by molar-refractivity contribution is 0.0356. The monoisotopic (exact) mass is 572 g/mol. The number of nitrogens with one attached hydrogen (secondary N) is 1. The van der Waals surface area contributed by atoms with Crippen molar-refractivity contribution < 1.29 is 28.9 Å². The number of ether oxygens (including phenoxy) is 3. The number of likely N-dealkylation sites (N-methyl/N-ethyl adjacent to an activating group) is 1. The highest BCUT2D eigenvalue weighted by atomic mass is 16.5. The molecule has 1 aliphatic rings. The highest BCUT2D eigenvalue weighted by Gasteiger charge is 2.34. The Hall–Kier alpha value is -4.75. The van der Waals surface area contributed by atoms with Crippen molar-refractivity contribution in [2.75, 3.05) is 46.3 Å². The Labute approximate surface area is 246 Å². The van der Waals surface area contributed by atoms with Crippen molar-refractivity contribution in [1.82, 2.24) is 14.8 Å². The number of hydrogen-bond donors (Lipinski definition) is 2. The molecule has 0 aliphatic carbocycles. The Morgan fingerprint density at radius 3 is 2.55 bits per heavy atom. The molecule has 4 rings (SSSR count). The average Bonchev–Trinajstić information content (AvgIpc) is 3.01. The zero-order chi connectivity index (χ0) is 30.2. The highest BCUT2D eigenvalue weighted by molar-refractivity contribution is 5.97. The van der Waals surface area contributed by atoms with E-state index in [2.05, 4.69) is 22.1 Å². The zero-order valence-corrected chi connectivity index (χ0v) is 24.5. The van der Waals surface area contributed by atoms with Crippen molar-refractivity contribution in [3.05, 3.63) is 77.5 Å². The Balaban J connectivity index is 1.59. The number of urea groups is 1. The van der Waals surface area contributed by atoms with Gasteiger partial charge in [-0.3, -0.25) is 4.79 Å². The smallest absolute Gasteiger partial charge is 0.321 e. The summed E-state index contributed by atoms with van der Waals surface area (Å²) in [6.07, 6.45) is 1.07. The number of fused-ring (bicyclic) bond motifs is 1. The van der Waals surface area contributed by atoms with Crippen LogP contribution in [0.2, 0.25) is 0 Å². The minimum absolute atomic E-state index is 0.156. The molecular formula is C32H36N4O6. The highest BCUT2D eigenvalue weighted by Crippen LogP contribution is 2.27. The molecule has 220 valence electrons. The van der Waals surface area contributed by atoms with E-state index < -0.39 is 12.1 Å². The van der Waals surface area contributed by atoms with Crippen LogP contribution < -0.4 is 19.5 Å². The predicted octanol–water partition coefficient (Wildman–Crippen LogP) is 3.88. The molecule has 1 aliphatic heterocycles. The van der Waals surface area contributed by atoms with E-state index in [1.165, 1.54) is 4.90 Å². The van der Waals surface area contributed by atoms with Gasteiger partial charge in [-0.05, 0) is 49.4 Å². The van der Waals surface area contributed by atoms with Crippen LogP contribution in [0.1, 0.15) is 35.3 Å². The molecule has 0 radical (unpaired) electrons. The van der Waals surface area contributed by atoms with Gasteiger partial charge in [0.25, 0.3) is 5.91 Å². The Bertz CT molecular complexity index is 1470. The van der Waals surface area contributed by atoms with E-state index in [0.29, 0.717) is 23.5 Å². The number of aliphatic hydroxyl groups is 1. The average molecular weight is 573 g/mol. The number of pyridine rings is 1. The van der Waals surface area contributed by atoms with Crippen LogP contribution in [0, 0.1) is 17.8 Å². The molecule has 10 nitrogen and oxygen atoms in total. The zero-order valence-electron chi connectivity index (χ0n) is 24.5. The number of benzene rings is 2. The number of aliphatic hydroxyl groups excluding tert-OH is 1. The fourth-order valence-corrected chi connectivity index (χ4v) is 4.48. The van der Waals surface area contributed by atoms with Crippen molar-refractivity contribution in [1.29, 1.82) is 0 Å². The number of methoxy groups -OCH3 is 2. The molecule has 0 unspecified atom stereocenters. The van der Waals surface area contributed by atoms with E-state index >= 15 is 0 Å². The van der Waals surface area contributed by atoms with Gasteiger partial charge >= 0.3 is 6.03 Å². The number of carbonyl (C=O) groups excluding carboxylic acids is 2. The second-order valence-corrected chi connectivity index (χ2v) is 10.2. The van der Waals surface area contributed by atoms with Crippen molar-refractivity contribution in [2.45, 2.75) is 26.0 Å². The summed E-state index contributed by atoms with van der Waals surface area (Å²) in [4.78, 5) is 34.3. The Morgan fingerprint density at radius 1 is 1.14 bits per heavy atom. The molecule has 0 fully saturated rings. The molecule has 2 heterocycles. The van der Waals surface area contributed by atoms with Gasteiger partial charge in [0.1, 0.15) is 23.2 Å². The summed E-state index contributed by atoms with van der Waals surface area (Å²) in [5.74, 6) is 7.17. The van der Waals surface area contributed by atoms with E-state index in [9.17, 15) is 14.7 Å². The lowest BCUT2D eigenvalue weighted by Crippen LogP contribution is -2.50. The summed E-state index contributed by atoms with van der Waals surface area (Å²) in [7, 11) is 4.84. The van der Waals surface area contributed by atoms with Crippen LogP contribution in [0.25, 0.3) is 0 Å². The SMILES string of the molecule is COc1ccc(C#Cc2cnc3c(c2)C(=O)N([C@H](C)CO)C[C@@H](C)[C@H](CN(C)C(=O)Nc2cccc(OC)c2)O3)cc1. The van der Waals surface area contributed by atoms with Gasteiger partial charge in [0, 0.05) is 48.6 Å². The lowest BCUT2D eigenvalue weighted by Gasteiger charge is -2.37. The summed E-state index contributed by atoms with van der Waals surface area (Å²) >= 11 is 0. The summed E-state index contributed by atoms with van der Waals surface area (Å²) in [5.41, 5.74) is 2.17. The molecule has 3 amide bonds. The summed E-state index contributed by atoms with van der Waals surface area (Å²) in [6, 6.07) is 15.3. The first-order chi connectivity index (χ1) is 20.2. The lowest BCUT2D eigenvalue weighted by atomic mass is 10.00. The summed E-state index contributed by atoms with van der Waals surface area (Å²) in [5, 5.41) is 12.8. The third-order valence-electron chi connectivity index (χ3n) is 7.08. The number of carbonyl (C=O) groups is 2. The fraction of sp³-hybridized carbons (Fsp3) is 0.344. The second kappa shape index (κ2) is 13.7. The number of rotatable bonds is 7. The van der Waals surface area contributed by atoms with Gasteiger partial charge < -0.3 is 34.4 Å². The van der Waals surface area contributed by atoms with Gasteiger partial charge in [-0.2, -0.15) is 0 Å². The van der Waals surface area contributed by atoms with Gasteiger partial charge in [-0.15, -0.1) is 0 Å². The summed E-state index contributed by atoms with van der Waals surface area (Å²) < 4.78 is 16.7. The third kappa shape index (κ3) is 7.30. The molecule has 3 atom stereocenters. The number of aromatic nitrogens is 1. The number of amides is 3. The van der Waals surface area contributed by atoms with Gasteiger partial charge in [-0.25, -0.2) is 9.78 Å². The molecule has 42 heavy (non-hydrogen) atoms. The van der Waals surface area contributed by atoms with E-state index in [-0.39, 0.29) is 42.5 Å². The van der Waals surface area contributed by atoms with Crippen LogP contribution in [0.3, 0.4) is 0 Å². The van der Waals surface area contributed by atoms with E-state index in [1.807, 2.05) is 31.2 Å². The van der Waals surface area contributed by atoms with Crippen molar-refractivity contribution >= 4 is 17.6 Å². The van der Waals surface area contributed by atoms with Crippen LogP contribution in [0.5, 0.6) is 17.4 Å². The largest absolute Gasteiger partial charge is 0.497 e. The predicted molar refractivity (Wildman–Crippen MR) is 159 cm³/mol. The number of anilines is 1. The minimum atomic E-state index is -0.491. The van der Waals surface area contributed by atoms with Crippen molar-refractivity contribution in [2.24, 2.45) is 5.92 Å². The van der Waals surface area contributed by atoms with E-state index in [4.69, 9.17) is 14.2 Å². The van der Waals surface area contributed by atoms with Crippen molar-refractivity contribution in [3.8, 4) is 29.2 Å². The number of hydrogen-bond acceptors (Lipinski definition) is 7. The van der Waals surface area contributed by atoms with Crippen LogP contribution in [0.15, 0.2) is 60.8 Å². The first-order valence-electron chi connectivity index (χ1n) is 13.6. The van der Waals surface area contributed by atoms with E-state index in [0.717, 1.165) is 11.3 Å². The molecule has 0 saturated heterocycles. The first-order valence-corrected chi connectivity index (χ1v) is 13.6. The maximum absolute atomic E-state index is 13.7. The third-order valence-corrected chi connectivity index (χ3v) is 7.08. The van der Waals surface area contributed by atoms with Crippen molar-refractivity contribution in [3.63, 3.8) is 0 Å². The van der Waals surface area contributed by atoms with Crippen LogP contribution in [-0.4, -0.2) is 84.9 Å². The van der Waals surface area contributed by atoms with Crippen LogP contribution in [0.4, 0.5) is 10.5 Å². The molecule has 0 saturated carbocycles. The van der Waals surface area contributed by atoms with Gasteiger partial charge in [-0.1, -0.05) is 24.8 Å². The molecule has 1 aromatic heterocycles. The van der Waals surface area contributed by atoms with Gasteiger partial charge in [0.05, 0.1) is 33.4 Å². The minimum Gasteiger partial charge on any atom is -0.497 e. The second-order valence-electron chi connectivity index (χ2n) is 10.2.